The molecule has 1 aromatic carbocycles. The number of hydrogen-bond donors (Lipinski definition) is 0. The molecule has 0 N–H and O–H groups in total. The number of allylic oxidation sites excluding steroid dienone is 2. The molecule has 1 fully saturated rings. The number of nitrogens with zero attached hydrogens (tertiary/aromatic N) is 2. The minimum atomic E-state index is -0.767. The van der Waals surface area contributed by atoms with Crippen molar-refractivity contribution in [2.75, 3.05) is 20.2 Å². The Morgan fingerprint density at radius 3 is 2.23 bits per heavy atom. The van der Waals surface area contributed by atoms with Gasteiger partial charge in [0.2, 0.25) is 17.7 Å². The summed E-state index contributed by atoms with van der Waals surface area (Å²) in [6, 6.07) is 6.25. The maximum atomic E-state index is 13.2. The normalized spacial score (nSPS) is 21.7. The minimum absolute atomic E-state index is 0.166. The molecule has 1 heterocycles. The lowest BCUT2D eigenvalue weighted by Gasteiger charge is -2.31. The molecular weight excluding hydrogens is 404 g/mol. The third-order valence-electron chi connectivity index (χ3n) is 5.72. The van der Waals surface area contributed by atoms with Crippen molar-refractivity contribution in [3.05, 3.63) is 41.4 Å². The van der Waals surface area contributed by atoms with Crippen LogP contribution in [0.25, 0.3) is 0 Å². The third-order valence-corrected chi connectivity index (χ3v) is 5.97. The van der Waals surface area contributed by atoms with Crippen molar-refractivity contribution in [3.8, 4) is 5.75 Å². The average molecular weight is 433 g/mol. The van der Waals surface area contributed by atoms with Crippen molar-refractivity contribution in [1.82, 2.24) is 9.80 Å². The molecule has 0 spiro atoms. The van der Waals surface area contributed by atoms with Crippen molar-refractivity contribution >= 4 is 29.3 Å². The molecule has 2 aliphatic rings. The lowest BCUT2D eigenvalue weighted by atomic mass is 9.85. The molecule has 3 amide bonds. The molecule has 1 aromatic rings. The van der Waals surface area contributed by atoms with Gasteiger partial charge in [0.05, 0.1) is 18.4 Å². The van der Waals surface area contributed by atoms with Crippen LogP contribution >= 0.6 is 11.6 Å². The second-order valence-electron chi connectivity index (χ2n) is 8.41. The Morgan fingerprint density at radius 1 is 1.13 bits per heavy atom. The number of likely N-dealkylation sites (tertiary alicyclic amines) is 1. The van der Waals surface area contributed by atoms with E-state index in [1.807, 2.05) is 26.0 Å². The maximum Gasteiger partial charge on any atom is 0.245 e. The largest absolute Gasteiger partial charge is 0.492 e. The standard InChI is InChI=1S/C23H29ClN2O4/c1-15(2)14-20(26-21(27)18-6-4-5-7-19(18)22(26)28)23(29)25(3)12-13-30-17-10-8-16(24)9-11-17/h4-5,8-11,15,18-20H,6-7,12-14H2,1-3H3. The van der Waals surface area contributed by atoms with E-state index in [-0.39, 0.29) is 35.5 Å². The summed E-state index contributed by atoms with van der Waals surface area (Å²) in [6.45, 7) is 4.63. The molecule has 3 rings (SSSR count). The number of rotatable bonds is 8. The number of fused-ring (bicyclic) bond motifs is 1. The summed E-state index contributed by atoms with van der Waals surface area (Å²) in [6.07, 6.45) is 5.49. The van der Waals surface area contributed by atoms with Gasteiger partial charge in [-0.1, -0.05) is 37.6 Å². The van der Waals surface area contributed by atoms with E-state index < -0.39 is 6.04 Å². The highest BCUT2D eigenvalue weighted by atomic mass is 35.5. The van der Waals surface area contributed by atoms with Gasteiger partial charge in [0, 0.05) is 12.1 Å². The molecule has 6 nitrogen and oxygen atoms in total. The lowest BCUT2D eigenvalue weighted by molar-refractivity contribution is -0.151. The fraction of sp³-hybridized carbons (Fsp3) is 0.522. The van der Waals surface area contributed by atoms with Gasteiger partial charge in [0.25, 0.3) is 0 Å². The summed E-state index contributed by atoms with van der Waals surface area (Å²) in [5.74, 6) is -0.471. The zero-order chi connectivity index (χ0) is 21.8. The third kappa shape index (κ3) is 4.86. The number of benzene rings is 1. The highest BCUT2D eigenvalue weighted by Crippen LogP contribution is 2.37. The van der Waals surface area contributed by atoms with Gasteiger partial charge in [-0.2, -0.15) is 0 Å². The van der Waals surface area contributed by atoms with Crippen LogP contribution in [0.3, 0.4) is 0 Å². The highest BCUT2D eigenvalue weighted by Gasteiger charge is 2.51. The predicted molar refractivity (Wildman–Crippen MR) is 115 cm³/mol. The Kier molecular flexibility index (Phi) is 7.19. The number of imide groups is 1. The lowest BCUT2D eigenvalue weighted by Crippen LogP contribution is -2.51. The monoisotopic (exact) mass is 432 g/mol. The second kappa shape index (κ2) is 9.65. The van der Waals surface area contributed by atoms with Crippen molar-refractivity contribution < 1.29 is 19.1 Å². The van der Waals surface area contributed by atoms with Gasteiger partial charge in [-0.05, 0) is 49.4 Å². The molecule has 0 radical (unpaired) electrons. The molecule has 162 valence electrons. The van der Waals surface area contributed by atoms with E-state index in [0.717, 1.165) is 0 Å². The number of halogens is 1. The highest BCUT2D eigenvalue weighted by molar-refractivity contribution is 6.30. The molecular formula is C23H29ClN2O4. The van der Waals surface area contributed by atoms with Crippen molar-refractivity contribution in [2.45, 2.75) is 39.2 Å². The Labute approximate surface area is 182 Å². The Morgan fingerprint density at radius 2 is 1.70 bits per heavy atom. The summed E-state index contributed by atoms with van der Waals surface area (Å²) in [4.78, 5) is 42.0. The van der Waals surface area contributed by atoms with E-state index >= 15 is 0 Å². The summed E-state index contributed by atoms with van der Waals surface area (Å²) in [5, 5.41) is 0.627. The number of carbonyl (C=O) groups is 3. The predicted octanol–water partition coefficient (Wildman–Crippen LogP) is 3.54. The summed E-state index contributed by atoms with van der Waals surface area (Å²) < 4.78 is 5.68. The first kappa shape index (κ1) is 22.3. The summed E-state index contributed by atoms with van der Waals surface area (Å²) in [7, 11) is 1.68. The van der Waals surface area contributed by atoms with Crippen LogP contribution in [0.4, 0.5) is 0 Å². The van der Waals surface area contributed by atoms with Gasteiger partial charge in [-0.3, -0.25) is 19.3 Å². The topological polar surface area (TPSA) is 66.9 Å². The molecule has 1 aliphatic heterocycles. The molecule has 1 aliphatic carbocycles. The number of hydrogen-bond acceptors (Lipinski definition) is 4. The molecule has 1 saturated heterocycles. The van der Waals surface area contributed by atoms with E-state index in [1.165, 1.54) is 4.90 Å². The number of carbonyl (C=O) groups excluding carboxylic acids is 3. The van der Waals surface area contributed by atoms with E-state index in [1.54, 1.807) is 36.2 Å². The number of likely N-dealkylation sites (N-methyl/N-ethyl adjacent to an activating group) is 1. The van der Waals surface area contributed by atoms with Crippen molar-refractivity contribution in [1.29, 1.82) is 0 Å². The van der Waals surface area contributed by atoms with Crippen LogP contribution in [0.5, 0.6) is 5.75 Å². The minimum Gasteiger partial charge on any atom is -0.492 e. The van der Waals surface area contributed by atoms with E-state index in [0.29, 0.717) is 43.2 Å². The average Bonchev–Trinajstić information content (AvgIpc) is 2.97. The van der Waals surface area contributed by atoms with Gasteiger partial charge >= 0.3 is 0 Å². The fourth-order valence-corrected chi connectivity index (χ4v) is 4.22. The summed E-state index contributed by atoms with van der Waals surface area (Å²) >= 11 is 5.87. The zero-order valence-electron chi connectivity index (χ0n) is 17.7. The van der Waals surface area contributed by atoms with Crippen molar-refractivity contribution in [3.63, 3.8) is 0 Å². The van der Waals surface area contributed by atoms with Crippen molar-refractivity contribution in [2.24, 2.45) is 17.8 Å². The Hall–Kier alpha value is -2.34. The van der Waals surface area contributed by atoms with Crippen LogP contribution in [0.2, 0.25) is 5.02 Å². The first-order valence-corrected chi connectivity index (χ1v) is 10.8. The van der Waals surface area contributed by atoms with Crippen LogP contribution in [-0.2, 0) is 14.4 Å². The quantitative estimate of drug-likeness (QED) is 0.465. The molecule has 30 heavy (non-hydrogen) atoms. The summed E-state index contributed by atoms with van der Waals surface area (Å²) in [5.41, 5.74) is 0. The van der Waals surface area contributed by atoms with Gasteiger partial charge in [-0.25, -0.2) is 0 Å². The smallest absolute Gasteiger partial charge is 0.245 e. The van der Waals surface area contributed by atoms with Crippen LogP contribution in [-0.4, -0.2) is 53.8 Å². The van der Waals surface area contributed by atoms with Crippen LogP contribution in [0.15, 0.2) is 36.4 Å². The van der Waals surface area contributed by atoms with E-state index in [4.69, 9.17) is 16.3 Å². The SMILES string of the molecule is CC(C)CC(C(=O)N(C)CCOc1ccc(Cl)cc1)N1C(=O)C2CC=CCC2C1=O. The first-order valence-electron chi connectivity index (χ1n) is 10.4. The molecule has 3 atom stereocenters. The fourth-order valence-electron chi connectivity index (χ4n) is 4.09. The van der Waals surface area contributed by atoms with Gasteiger partial charge < -0.3 is 9.64 Å². The first-order chi connectivity index (χ1) is 14.3. The van der Waals surface area contributed by atoms with Gasteiger partial charge in [-0.15, -0.1) is 0 Å². The molecule has 0 aromatic heterocycles. The van der Waals surface area contributed by atoms with E-state index in [9.17, 15) is 14.4 Å². The van der Waals surface area contributed by atoms with Crippen LogP contribution in [0.1, 0.15) is 33.1 Å². The van der Waals surface area contributed by atoms with Crippen LogP contribution in [0, 0.1) is 17.8 Å². The Balaban J connectivity index is 1.66. The zero-order valence-corrected chi connectivity index (χ0v) is 18.5. The molecule has 7 heteroatoms. The van der Waals surface area contributed by atoms with Crippen LogP contribution < -0.4 is 4.74 Å². The van der Waals surface area contributed by atoms with E-state index in [2.05, 4.69) is 0 Å². The van der Waals surface area contributed by atoms with Gasteiger partial charge in [0.1, 0.15) is 18.4 Å². The number of ether oxygens (including phenoxy) is 1. The maximum absolute atomic E-state index is 13.2. The number of amides is 3. The van der Waals surface area contributed by atoms with Gasteiger partial charge in [0.15, 0.2) is 0 Å². The molecule has 3 unspecified atom stereocenters. The molecule has 0 bridgehead atoms. The second-order valence-corrected chi connectivity index (χ2v) is 8.85. The molecule has 0 saturated carbocycles. The Bertz CT molecular complexity index is 795.